The summed E-state index contributed by atoms with van der Waals surface area (Å²) in [7, 11) is 0. The number of hydrogen-bond acceptors (Lipinski definition) is 4. The molecule has 0 aromatic heterocycles. The number of rotatable bonds is 10. The van der Waals surface area contributed by atoms with Crippen LogP contribution in [0.5, 0.6) is 0 Å². The Hall–Kier alpha value is -1.50. The van der Waals surface area contributed by atoms with Gasteiger partial charge in [0.2, 0.25) is 11.8 Å². The van der Waals surface area contributed by atoms with Crippen LogP contribution in [0, 0.1) is 5.92 Å². The molecule has 3 N–H and O–H groups in total. The Morgan fingerprint density at radius 3 is 2.55 bits per heavy atom. The number of nitrogens with one attached hydrogen (secondary N) is 3. The molecule has 1 heterocycles. The zero-order chi connectivity index (χ0) is 19.1. The zero-order valence-electron chi connectivity index (χ0n) is 17.1. The van der Waals surface area contributed by atoms with Crippen LogP contribution in [0.15, 0.2) is 24.3 Å². The summed E-state index contributed by atoms with van der Waals surface area (Å²) >= 11 is 0. The van der Waals surface area contributed by atoms with Gasteiger partial charge in [0, 0.05) is 24.5 Å². The van der Waals surface area contributed by atoms with Crippen molar-refractivity contribution in [1.82, 2.24) is 10.6 Å². The number of nitrogens with zero attached hydrogens (tertiary/aromatic N) is 1. The lowest BCUT2D eigenvalue weighted by Gasteiger charge is -2.20. The minimum atomic E-state index is -0.499. The predicted octanol–water partition coefficient (Wildman–Crippen LogP) is 3.35. The van der Waals surface area contributed by atoms with Gasteiger partial charge in [-0.15, -0.1) is 24.8 Å². The van der Waals surface area contributed by atoms with Gasteiger partial charge in [-0.1, -0.05) is 19.4 Å². The van der Waals surface area contributed by atoms with Gasteiger partial charge in [-0.05, 0) is 62.8 Å². The topological polar surface area (TPSA) is 73.5 Å². The maximum Gasteiger partial charge on any atom is 0.246 e. The van der Waals surface area contributed by atoms with E-state index in [-0.39, 0.29) is 43.2 Å². The van der Waals surface area contributed by atoms with E-state index in [1.54, 1.807) is 0 Å². The van der Waals surface area contributed by atoms with Crippen LogP contribution in [-0.2, 0) is 9.59 Å². The molecular weight excluding hydrogens is 411 g/mol. The molecule has 1 aliphatic carbocycles. The van der Waals surface area contributed by atoms with Gasteiger partial charge in [0.15, 0.2) is 0 Å². The Morgan fingerprint density at radius 2 is 1.90 bits per heavy atom. The minimum absolute atomic E-state index is 0. The maximum absolute atomic E-state index is 12.7. The second-order valence-electron chi connectivity index (χ2n) is 7.72. The van der Waals surface area contributed by atoms with Crippen LogP contribution in [0.2, 0.25) is 0 Å². The fourth-order valence-corrected chi connectivity index (χ4v) is 3.50. The van der Waals surface area contributed by atoms with Crippen molar-refractivity contribution in [3.8, 4) is 0 Å². The zero-order valence-corrected chi connectivity index (χ0v) is 18.7. The van der Waals surface area contributed by atoms with Crippen molar-refractivity contribution < 1.29 is 9.59 Å². The molecule has 29 heavy (non-hydrogen) atoms. The number of halogens is 2. The van der Waals surface area contributed by atoms with E-state index < -0.39 is 6.04 Å². The highest BCUT2D eigenvalue weighted by Crippen LogP contribution is 2.27. The van der Waals surface area contributed by atoms with Gasteiger partial charge < -0.3 is 20.9 Å². The SMILES string of the molecule is CCCC(NC(=O)CNCC1CC1)C(=O)Nc1cccc(N2CCCC2)c1.Cl.Cl. The van der Waals surface area contributed by atoms with Gasteiger partial charge in [-0.2, -0.15) is 0 Å². The van der Waals surface area contributed by atoms with Crippen LogP contribution < -0.4 is 20.9 Å². The molecule has 6 nitrogen and oxygen atoms in total. The number of carbonyl (C=O) groups is 2. The first kappa shape index (κ1) is 25.5. The van der Waals surface area contributed by atoms with Gasteiger partial charge in [0.1, 0.15) is 6.04 Å². The van der Waals surface area contributed by atoms with E-state index in [1.165, 1.54) is 25.7 Å². The smallest absolute Gasteiger partial charge is 0.246 e. The molecule has 0 spiro atoms. The lowest BCUT2D eigenvalue weighted by molar-refractivity contribution is -0.126. The van der Waals surface area contributed by atoms with Gasteiger partial charge in [0.05, 0.1) is 6.54 Å². The number of anilines is 2. The fourth-order valence-electron chi connectivity index (χ4n) is 3.50. The summed E-state index contributed by atoms with van der Waals surface area (Å²) in [4.78, 5) is 27.2. The summed E-state index contributed by atoms with van der Waals surface area (Å²) in [5, 5.41) is 9.03. The summed E-state index contributed by atoms with van der Waals surface area (Å²) in [6.07, 6.45) is 6.41. The van der Waals surface area contributed by atoms with Crippen molar-refractivity contribution in [3.63, 3.8) is 0 Å². The second-order valence-corrected chi connectivity index (χ2v) is 7.72. The quantitative estimate of drug-likeness (QED) is 0.517. The van der Waals surface area contributed by atoms with E-state index >= 15 is 0 Å². The van der Waals surface area contributed by atoms with Crippen molar-refractivity contribution in [2.75, 3.05) is 36.4 Å². The first-order valence-corrected chi connectivity index (χ1v) is 10.3. The predicted molar refractivity (Wildman–Crippen MR) is 123 cm³/mol. The Morgan fingerprint density at radius 1 is 1.17 bits per heavy atom. The molecule has 2 fully saturated rings. The van der Waals surface area contributed by atoms with Gasteiger partial charge in [0.25, 0.3) is 0 Å². The van der Waals surface area contributed by atoms with Crippen LogP contribution in [0.4, 0.5) is 11.4 Å². The first-order valence-electron chi connectivity index (χ1n) is 10.3. The number of hydrogen-bond donors (Lipinski definition) is 3. The highest BCUT2D eigenvalue weighted by Gasteiger charge is 2.23. The highest BCUT2D eigenvalue weighted by molar-refractivity contribution is 5.97. The average Bonchev–Trinajstić information content (AvgIpc) is 3.31. The Balaban J connectivity index is 0.00000210. The van der Waals surface area contributed by atoms with Crippen LogP contribution >= 0.6 is 24.8 Å². The summed E-state index contributed by atoms with van der Waals surface area (Å²) < 4.78 is 0. The molecule has 1 aromatic carbocycles. The van der Waals surface area contributed by atoms with E-state index in [0.29, 0.717) is 6.42 Å². The molecule has 0 bridgehead atoms. The molecule has 2 amide bonds. The number of carbonyl (C=O) groups excluding carboxylic acids is 2. The standard InChI is InChI=1S/C21H32N4O2.2ClH/c1-2-6-19(24-20(26)15-22-14-16-9-10-16)21(27)23-17-7-5-8-18(13-17)25-11-3-4-12-25;;/h5,7-8,13,16,19,22H,2-4,6,9-12,14-15H2,1H3,(H,23,27)(H,24,26);2*1H. The van der Waals surface area contributed by atoms with Crippen LogP contribution in [0.1, 0.15) is 45.4 Å². The summed E-state index contributed by atoms with van der Waals surface area (Å²) in [6, 6.07) is 7.47. The van der Waals surface area contributed by atoms with E-state index in [9.17, 15) is 9.59 Å². The van der Waals surface area contributed by atoms with Crippen molar-refractivity contribution >= 4 is 48.0 Å². The molecule has 1 aliphatic heterocycles. The molecule has 8 heteroatoms. The minimum Gasteiger partial charge on any atom is -0.371 e. The summed E-state index contributed by atoms with van der Waals surface area (Å²) in [5.41, 5.74) is 1.93. The van der Waals surface area contributed by atoms with E-state index in [1.807, 2.05) is 25.1 Å². The van der Waals surface area contributed by atoms with Gasteiger partial charge in [-0.25, -0.2) is 0 Å². The first-order chi connectivity index (χ1) is 13.2. The number of amides is 2. The molecule has 1 aromatic rings. The molecule has 1 saturated heterocycles. The van der Waals surface area contributed by atoms with Gasteiger partial charge >= 0.3 is 0 Å². The van der Waals surface area contributed by atoms with Crippen LogP contribution in [-0.4, -0.2) is 44.0 Å². The van der Waals surface area contributed by atoms with Crippen molar-refractivity contribution in [1.29, 1.82) is 0 Å². The third-order valence-electron chi connectivity index (χ3n) is 5.23. The molecule has 1 atom stereocenters. The summed E-state index contributed by atoms with van der Waals surface area (Å²) in [6.45, 7) is 5.32. The average molecular weight is 445 g/mol. The maximum atomic E-state index is 12.7. The lowest BCUT2D eigenvalue weighted by Crippen LogP contribution is -2.46. The molecule has 2 aliphatic rings. The Bertz CT molecular complexity index is 649. The number of benzene rings is 1. The second kappa shape index (κ2) is 12.9. The summed E-state index contributed by atoms with van der Waals surface area (Å²) in [5.74, 6) is 0.469. The highest BCUT2D eigenvalue weighted by atomic mass is 35.5. The van der Waals surface area contributed by atoms with Crippen molar-refractivity contribution in [2.24, 2.45) is 5.92 Å². The third-order valence-corrected chi connectivity index (χ3v) is 5.23. The molecular formula is C21H34Cl2N4O2. The monoisotopic (exact) mass is 444 g/mol. The Labute approximate surface area is 186 Å². The molecule has 3 rings (SSSR count). The normalized spacial score (nSPS) is 16.4. The van der Waals surface area contributed by atoms with E-state index in [2.05, 4.69) is 26.9 Å². The Kier molecular flexibility index (Phi) is 11.4. The van der Waals surface area contributed by atoms with Gasteiger partial charge in [-0.3, -0.25) is 9.59 Å². The van der Waals surface area contributed by atoms with E-state index in [0.717, 1.165) is 43.3 Å². The van der Waals surface area contributed by atoms with Crippen LogP contribution in [0.25, 0.3) is 0 Å². The molecule has 164 valence electrons. The van der Waals surface area contributed by atoms with Crippen LogP contribution in [0.3, 0.4) is 0 Å². The van der Waals surface area contributed by atoms with E-state index in [4.69, 9.17) is 0 Å². The van der Waals surface area contributed by atoms with Crippen molar-refractivity contribution in [3.05, 3.63) is 24.3 Å². The third kappa shape index (κ3) is 8.41. The molecule has 1 saturated carbocycles. The largest absolute Gasteiger partial charge is 0.371 e. The fraction of sp³-hybridized carbons (Fsp3) is 0.619. The van der Waals surface area contributed by atoms with Crippen molar-refractivity contribution in [2.45, 2.75) is 51.5 Å². The molecule has 1 unspecified atom stereocenters. The molecule has 0 radical (unpaired) electrons. The lowest BCUT2D eigenvalue weighted by atomic mass is 10.1.